The Balaban J connectivity index is 0.963. The normalized spacial score (nSPS) is 50.7. The summed E-state index contributed by atoms with van der Waals surface area (Å²) in [5, 5.41) is 334. The first-order valence-corrected chi connectivity index (χ1v) is 42.1. The lowest BCUT2D eigenvalue weighted by Crippen LogP contribution is -2.67. The van der Waals surface area contributed by atoms with Crippen molar-refractivity contribution in [2.24, 2.45) is 35.3 Å². The van der Waals surface area contributed by atoms with Gasteiger partial charge in [-0.25, -0.2) is 0 Å². The first kappa shape index (κ1) is 105. The predicted molar refractivity (Wildman–Crippen MR) is 400 cm³/mol. The average Bonchev–Trinajstić information content (AvgIpc) is 0.777. The third-order valence-corrected chi connectivity index (χ3v) is 26.0. The van der Waals surface area contributed by atoms with E-state index in [0.717, 1.165) is 0 Å². The molecule has 10 fully saturated rings. The summed E-state index contributed by atoms with van der Waals surface area (Å²) in [5.41, 5.74) is 6.49. The Bertz CT molecular complexity index is 3140. The van der Waals surface area contributed by atoms with E-state index in [0.29, 0.717) is 0 Å². The smallest absolute Gasteiger partial charge is 0.187 e. The minimum Gasteiger partial charge on any atom is -0.395 e. The van der Waals surface area contributed by atoms with Gasteiger partial charge in [-0.1, -0.05) is 50.3 Å². The maximum Gasteiger partial charge on any atom is 0.187 e. The molecule has 0 spiro atoms. The molecule has 10 aliphatic rings. The number of aliphatic hydroxyl groups excluding tert-OH is 29. The SMILES string of the molecule is CC1O[C@@H](O[C@@H]2C(CO)O[C@@H](OC([C@H](O)O[C@@H]3C(O)[C@H](O[C@@H]4C(CO)O[C@@H](O[C@@H]5C(CO)O[C@@H](C)C(C)[C@H]5O)C(C)[C@H]4O)OC(CO[C@H]4OC(CO[C@@H]5OC(CO)[C@@H](O[C@@H]6OC(CO)C(O)[C@@H](O)[C@@H]6O)[C@H](O)C5C)[C@@H](O)[C@H](O)C4O[C@@H]4OC(CO)[C@@H](O[C@@H]5OC(CO)[C@H](O)[C@H](O)C5O)[C@H](O)C4C)[C@H]3O)[C@@H](O)[C@H](O)C(I)CO)C(N)[C@H]2O)C(O)[C@@H](O)[C@H]1C(O)O. The van der Waals surface area contributed by atoms with Crippen LogP contribution in [0.2, 0.25) is 0 Å². The van der Waals surface area contributed by atoms with Crippen molar-refractivity contribution in [1.29, 1.82) is 0 Å². The number of rotatable bonds is 35. The van der Waals surface area contributed by atoms with E-state index in [1.807, 2.05) is 0 Å². The van der Waals surface area contributed by atoms with Crippen molar-refractivity contribution in [3.8, 4) is 0 Å². The molecule has 0 saturated carbocycles. The molecule has 55 atom stereocenters. The summed E-state index contributed by atoms with van der Waals surface area (Å²) in [6.07, 6.45) is -93.4. The fourth-order valence-electron chi connectivity index (χ4n) is 16.7. The number of hydrogen-bond donors (Lipinski definition) is 31. The number of alkyl halides is 1. The molecule has 0 radical (unpaired) electrons. The molecule has 0 aromatic heterocycles. The van der Waals surface area contributed by atoms with Gasteiger partial charge in [-0.15, -0.1) is 0 Å². The molecule has 10 saturated heterocycles. The molecule has 10 rings (SSSR count). The van der Waals surface area contributed by atoms with Crippen LogP contribution < -0.4 is 5.73 Å². The maximum atomic E-state index is 12.7. The second kappa shape index (κ2) is 45.8. The molecule has 22 unspecified atom stereocenters. The van der Waals surface area contributed by atoms with Gasteiger partial charge in [0.25, 0.3) is 0 Å². The fraction of sp³-hybridized carbons (Fsp3) is 1.00. The van der Waals surface area contributed by atoms with Crippen molar-refractivity contribution in [3.05, 3.63) is 0 Å². The monoisotopic (exact) mass is 1930 g/mol. The molecular formula is C72H126INO50. The molecule has 0 aromatic carbocycles. The van der Waals surface area contributed by atoms with E-state index in [1.54, 1.807) is 13.8 Å². The second-order valence-corrected chi connectivity index (χ2v) is 34.7. The van der Waals surface area contributed by atoms with Gasteiger partial charge in [0.05, 0.1) is 131 Å². The highest BCUT2D eigenvalue weighted by Gasteiger charge is 2.61. The summed E-state index contributed by atoms with van der Waals surface area (Å²) in [6, 6.07) is -1.95. The number of ether oxygens (including phenoxy) is 20. The molecule has 32 N–H and O–H groups in total. The molecule has 10 aliphatic heterocycles. The summed E-state index contributed by atoms with van der Waals surface area (Å²) in [6.45, 7) is -0.987. The van der Waals surface area contributed by atoms with Crippen molar-refractivity contribution < 1.29 is 248 Å². The van der Waals surface area contributed by atoms with Gasteiger partial charge >= 0.3 is 0 Å². The molecule has 124 heavy (non-hydrogen) atoms. The van der Waals surface area contributed by atoms with Crippen molar-refractivity contribution in [3.63, 3.8) is 0 Å². The van der Waals surface area contributed by atoms with Gasteiger partial charge in [-0.2, -0.15) is 0 Å². The summed E-state index contributed by atoms with van der Waals surface area (Å²) < 4.78 is 119. The van der Waals surface area contributed by atoms with Crippen LogP contribution in [0.15, 0.2) is 0 Å². The Hall–Kier alpha value is -1.31. The predicted octanol–water partition coefficient (Wildman–Crippen LogP) is -17.9. The first-order valence-electron chi connectivity index (χ1n) is 40.8. The first-order chi connectivity index (χ1) is 58.6. The standard InChI is InChI=1S/C72H126INO50/c1-17-21(5)107-26(10-78)54(35(17)83)118-65-19(3)37(85)57(29(13-81)112-65)121-71-53(101)59(117-63(104)60(48(96)39(87)23(73)7-75)123-67-34(74)45(93)58(30(14-82)114-67)122-68-50(98)44(92)33(62(102)103)22(6)108-68)43(91)32(115-71)16-106-72-61(124-66-20(4)38(86)56(28(12-80)113-66)120-70-52(100)47(95)41(89)25(9-77)110-70)49(97)42(90)31(116-72)15-105-64-18(2)36(84)55(27(11-79)111-64)119-69-51(99)46(94)40(88)24(8-76)109-69/h17-72,75-104H,7-16,74H2,1-6H3/t17?,18?,19?,20?,21-,22?,23?,24?,25?,26?,27?,28?,29?,30?,31?,32?,33-,34?,35+,36+,37+,38+,39+,40?,41-,42+,43+,44-,45+,46+,47-,48-,49-,50?,51-,52?,53?,54+,55+,56+,57+,58+,59-,60?,61?,63+,64+,65-,66-,67-,68-,69-,70-,71-,72-/m0/s1. The Kier molecular flexibility index (Phi) is 38.7. The van der Waals surface area contributed by atoms with Crippen LogP contribution in [0.25, 0.3) is 0 Å². The van der Waals surface area contributed by atoms with Gasteiger partial charge in [0.1, 0.15) is 183 Å². The highest BCUT2D eigenvalue weighted by molar-refractivity contribution is 14.1. The molecule has 0 aliphatic carbocycles. The fourth-order valence-corrected chi connectivity index (χ4v) is 17.1. The van der Waals surface area contributed by atoms with Crippen LogP contribution in [0.5, 0.6) is 0 Å². The van der Waals surface area contributed by atoms with Gasteiger partial charge in [0.15, 0.2) is 69.2 Å². The van der Waals surface area contributed by atoms with Crippen LogP contribution in [0.3, 0.4) is 0 Å². The number of aliphatic hydroxyl groups is 30. The van der Waals surface area contributed by atoms with Gasteiger partial charge in [-0.05, 0) is 13.8 Å². The molecule has 51 nitrogen and oxygen atoms in total. The largest absolute Gasteiger partial charge is 0.395 e. The van der Waals surface area contributed by atoms with Crippen LogP contribution in [0, 0.1) is 29.6 Å². The molecule has 10 heterocycles. The minimum absolute atomic E-state index is 0.580. The summed E-state index contributed by atoms with van der Waals surface area (Å²) >= 11 is 1.50. The molecule has 726 valence electrons. The lowest BCUT2D eigenvalue weighted by Gasteiger charge is -2.50. The van der Waals surface area contributed by atoms with E-state index in [9.17, 15) is 153 Å². The van der Waals surface area contributed by atoms with Crippen molar-refractivity contribution >= 4 is 22.6 Å². The van der Waals surface area contributed by atoms with E-state index in [2.05, 4.69) is 0 Å². The number of nitrogens with two attached hydrogens (primary N) is 1. The average molecular weight is 1930 g/mol. The molecule has 52 heteroatoms. The van der Waals surface area contributed by atoms with Crippen LogP contribution in [-0.4, -0.2) is 530 Å². The van der Waals surface area contributed by atoms with Gasteiger partial charge in [0, 0.05) is 23.7 Å². The second-order valence-electron chi connectivity index (χ2n) is 33.1. The number of halogens is 1. The zero-order valence-electron chi connectivity index (χ0n) is 67.9. The Morgan fingerprint density at radius 1 is 0.282 bits per heavy atom. The minimum atomic E-state index is -2.86. The van der Waals surface area contributed by atoms with E-state index in [1.165, 1.54) is 50.3 Å². The van der Waals surface area contributed by atoms with Crippen LogP contribution in [-0.2, 0) is 94.7 Å². The molecule has 0 amide bonds. The Morgan fingerprint density at radius 2 is 0.621 bits per heavy atom. The van der Waals surface area contributed by atoms with Crippen molar-refractivity contribution in [1.82, 2.24) is 0 Å². The highest BCUT2D eigenvalue weighted by atomic mass is 127. The van der Waals surface area contributed by atoms with Crippen molar-refractivity contribution in [2.75, 3.05) is 66.1 Å². The molecule has 0 bridgehead atoms. The summed E-state index contributed by atoms with van der Waals surface area (Å²) in [4.78, 5) is 0. The van der Waals surface area contributed by atoms with E-state index >= 15 is 0 Å². The summed E-state index contributed by atoms with van der Waals surface area (Å²) in [5.74, 6) is -5.97. The maximum absolute atomic E-state index is 12.7. The topological polar surface area (TPSA) is 818 Å². The van der Waals surface area contributed by atoms with E-state index in [-0.39, 0.29) is 0 Å². The van der Waals surface area contributed by atoms with Crippen LogP contribution >= 0.6 is 22.6 Å². The van der Waals surface area contributed by atoms with E-state index in [4.69, 9.17) is 100 Å². The van der Waals surface area contributed by atoms with E-state index < -0.39 is 407 Å². The Morgan fingerprint density at radius 3 is 1.07 bits per heavy atom. The Labute approximate surface area is 721 Å². The van der Waals surface area contributed by atoms with Crippen LogP contribution in [0.4, 0.5) is 0 Å². The zero-order valence-corrected chi connectivity index (χ0v) is 70.1. The highest BCUT2D eigenvalue weighted by Crippen LogP contribution is 2.43. The molecule has 0 aromatic rings. The lowest BCUT2D eigenvalue weighted by molar-refractivity contribution is -0.391. The lowest BCUT2D eigenvalue weighted by atomic mass is 9.88. The zero-order chi connectivity index (χ0) is 91.5. The third-order valence-electron chi connectivity index (χ3n) is 24.9. The third kappa shape index (κ3) is 22.6. The summed E-state index contributed by atoms with van der Waals surface area (Å²) in [7, 11) is 0. The van der Waals surface area contributed by atoms with Gasteiger partial charge < -0.3 is 254 Å². The van der Waals surface area contributed by atoms with Crippen molar-refractivity contribution in [2.45, 2.75) is 353 Å². The quantitative estimate of drug-likeness (QED) is 0.0159. The van der Waals surface area contributed by atoms with Gasteiger partial charge in [0.2, 0.25) is 0 Å². The van der Waals surface area contributed by atoms with Crippen LogP contribution in [0.1, 0.15) is 41.5 Å². The number of hydrogen-bond acceptors (Lipinski definition) is 51. The van der Waals surface area contributed by atoms with Gasteiger partial charge in [-0.3, -0.25) is 0 Å². The molecular weight excluding hydrogens is 1810 g/mol.